The second-order valence-electron chi connectivity index (χ2n) is 7.96. The molecule has 2 aliphatic rings. The van der Waals surface area contributed by atoms with Gasteiger partial charge in [0.2, 0.25) is 11.0 Å². The summed E-state index contributed by atoms with van der Waals surface area (Å²) in [6, 6.07) is 7.53. The number of halogens is 1. The lowest BCUT2D eigenvalue weighted by atomic mass is 10.1. The number of furan rings is 1. The van der Waals surface area contributed by atoms with E-state index in [0.29, 0.717) is 54.8 Å². The summed E-state index contributed by atoms with van der Waals surface area (Å²) in [7, 11) is 0. The van der Waals surface area contributed by atoms with Crippen LogP contribution in [0.1, 0.15) is 28.7 Å². The van der Waals surface area contributed by atoms with E-state index < -0.39 is 0 Å². The molecule has 5 heterocycles. The zero-order valence-electron chi connectivity index (χ0n) is 17.2. The number of hydrogen-bond acceptors (Lipinski definition) is 8. The van der Waals surface area contributed by atoms with Gasteiger partial charge in [-0.15, -0.1) is 0 Å². The molecule has 1 amide bonds. The molecule has 0 saturated carbocycles. The van der Waals surface area contributed by atoms with E-state index in [-0.39, 0.29) is 17.2 Å². The van der Waals surface area contributed by atoms with Gasteiger partial charge in [-0.1, -0.05) is 0 Å². The fraction of sp³-hybridized carbons (Fsp3) is 0.273. The molecule has 10 heteroatoms. The van der Waals surface area contributed by atoms with E-state index >= 15 is 0 Å². The van der Waals surface area contributed by atoms with Gasteiger partial charge in [0.1, 0.15) is 17.2 Å². The van der Waals surface area contributed by atoms with Crippen LogP contribution >= 0.6 is 11.6 Å². The number of benzene rings is 1. The van der Waals surface area contributed by atoms with Crippen molar-refractivity contribution in [2.24, 2.45) is 0 Å². The lowest BCUT2D eigenvalue weighted by Gasteiger charge is -2.19. The summed E-state index contributed by atoms with van der Waals surface area (Å²) in [6.07, 6.45) is 0.695. The Labute approximate surface area is 187 Å². The molecule has 1 unspecified atom stereocenters. The molecule has 0 saturated heterocycles. The maximum absolute atomic E-state index is 12.5. The van der Waals surface area contributed by atoms with Crippen molar-refractivity contribution in [2.75, 3.05) is 23.8 Å². The molecular formula is C22H19ClN6O3. The van der Waals surface area contributed by atoms with E-state index in [1.54, 1.807) is 0 Å². The molecule has 0 bridgehead atoms. The van der Waals surface area contributed by atoms with Crippen LogP contribution in [0.2, 0.25) is 5.28 Å². The summed E-state index contributed by atoms with van der Waals surface area (Å²) in [5.41, 5.74) is 3.87. The zero-order valence-corrected chi connectivity index (χ0v) is 17.9. The molecule has 6 rings (SSSR count). The second-order valence-corrected chi connectivity index (χ2v) is 8.30. The van der Waals surface area contributed by atoms with Gasteiger partial charge in [0, 0.05) is 30.0 Å². The number of hydrogen-bond donors (Lipinski definition) is 3. The third-order valence-electron chi connectivity index (χ3n) is 5.73. The van der Waals surface area contributed by atoms with Gasteiger partial charge in [0.25, 0.3) is 5.91 Å². The Morgan fingerprint density at radius 1 is 1.19 bits per heavy atom. The third-order valence-corrected chi connectivity index (χ3v) is 5.90. The lowest BCUT2D eigenvalue weighted by molar-refractivity contribution is 0.0920. The first-order chi connectivity index (χ1) is 15.6. The average Bonchev–Trinajstić information content (AvgIpc) is 3.10. The normalized spacial score (nSPS) is 17.9. The number of aromatic nitrogens is 3. The number of nitrogens with one attached hydrogen (secondary N) is 3. The van der Waals surface area contributed by atoms with Crippen molar-refractivity contribution >= 4 is 56.7 Å². The summed E-state index contributed by atoms with van der Waals surface area (Å²) in [5.74, 6) is 1.28. The van der Waals surface area contributed by atoms with E-state index in [1.807, 2.05) is 31.2 Å². The monoisotopic (exact) mass is 450 g/mol. The van der Waals surface area contributed by atoms with Crippen molar-refractivity contribution in [3.8, 4) is 0 Å². The third kappa shape index (κ3) is 3.12. The first-order valence-electron chi connectivity index (χ1n) is 10.4. The zero-order chi connectivity index (χ0) is 21.8. The van der Waals surface area contributed by atoms with Crippen LogP contribution in [0.4, 0.5) is 17.3 Å². The van der Waals surface area contributed by atoms with Gasteiger partial charge < -0.3 is 25.1 Å². The summed E-state index contributed by atoms with van der Waals surface area (Å²) in [4.78, 5) is 25.9. The Bertz CT molecular complexity index is 1400. The van der Waals surface area contributed by atoms with Gasteiger partial charge >= 0.3 is 0 Å². The molecule has 0 fully saturated rings. The summed E-state index contributed by atoms with van der Waals surface area (Å²) < 4.78 is 11.4. The lowest BCUT2D eigenvalue weighted by Crippen LogP contribution is -2.34. The first-order valence-corrected chi connectivity index (χ1v) is 10.8. The predicted molar refractivity (Wildman–Crippen MR) is 121 cm³/mol. The van der Waals surface area contributed by atoms with Crippen molar-refractivity contribution in [2.45, 2.75) is 26.0 Å². The maximum atomic E-state index is 12.5. The number of carbonyl (C=O) groups is 1. The summed E-state index contributed by atoms with van der Waals surface area (Å²) in [5, 5.41) is 11.5. The number of anilines is 3. The van der Waals surface area contributed by atoms with Crippen LogP contribution in [-0.4, -0.2) is 40.1 Å². The smallest absolute Gasteiger partial charge is 0.289 e. The van der Waals surface area contributed by atoms with Crippen LogP contribution in [0, 0.1) is 0 Å². The molecule has 4 aromatic rings. The SMILES string of the molecule is CC1CNc2c(oc3ccc4nc(Nc5nc(Cl)nc6c5COCC6)ccc4c23)C(=O)N1. The Morgan fingerprint density at radius 3 is 3.00 bits per heavy atom. The van der Waals surface area contributed by atoms with Gasteiger partial charge in [-0.2, -0.15) is 0 Å². The van der Waals surface area contributed by atoms with Crippen LogP contribution in [0.5, 0.6) is 0 Å². The summed E-state index contributed by atoms with van der Waals surface area (Å²) >= 11 is 6.13. The first kappa shape index (κ1) is 19.3. The average molecular weight is 451 g/mol. The molecular weight excluding hydrogens is 432 g/mol. The molecule has 3 N–H and O–H groups in total. The molecule has 1 aromatic carbocycles. The molecule has 9 nitrogen and oxygen atoms in total. The standard InChI is InChI=1S/C22H19ClN6O3/c1-10-8-24-18-17-11-2-5-16(26-13(11)3-4-15(17)32-19(18)21(30)25-10)28-20-12-9-31-7-6-14(12)27-22(23)29-20/h2-5,10,24H,6-9H2,1H3,(H,25,30)(H,26,27,28,29). The number of nitrogens with zero attached hydrogens (tertiary/aromatic N) is 3. The van der Waals surface area contributed by atoms with Crippen LogP contribution in [-0.2, 0) is 17.8 Å². The number of fused-ring (bicyclic) bond motifs is 6. The van der Waals surface area contributed by atoms with Crippen LogP contribution in [0.15, 0.2) is 28.7 Å². The molecule has 162 valence electrons. The fourth-order valence-corrected chi connectivity index (χ4v) is 4.41. The van der Waals surface area contributed by atoms with E-state index in [0.717, 1.165) is 27.5 Å². The minimum Gasteiger partial charge on any atom is -0.449 e. The predicted octanol–water partition coefficient (Wildman–Crippen LogP) is 3.78. The van der Waals surface area contributed by atoms with Gasteiger partial charge in [-0.05, 0) is 42.8 Å². The topological polar surface area (TPSA) is 114 Å². The van der Waals surface area contributed by atoms with Crippen molar-refractivity contribution in [3.63, 3.8) is 0 Å². The van der Waals surface area contributed by atoms with Gasteiger partial charge in [0.05, 0.1) is 35.5 Å². The Balaban J connectivity index is 1.44. The highest BCUT2D eigenvalue weighted by atomic mass is 35.5. The molecule has 32 heavy (non-hydrogen) atoms. The van der Waals surface area contributed by atoms with Crippen molar-refractivity contribution in [3.05, 3.63) is 46.6 Å². The number of carbonyl (C=O) groups excluding carboxylic acids is 1. The molecule has 2 aliphatic heterocycles. The molecule has 3 aromatic heterocycles. The number of pyridine rings is 1. The van der Waals surface area contributed by atoms with E-state index in [9.17, 15) is 4.79 Å². The van der Waals surface area contributed by atoms with Crippen molar-refractivity contribution in [1.82, 2.24) is 20.3 Å². The molecule has 1 atom stereocenters. The van der Waals surface area contributed by atoms with E-state index in [4.69, 9.17) is 25.7 Å². The Kier molecular flexibility index (Phi) is 4.41. The molecule has 0 spiro atoms. The van der Waals surface area contributed by atoms with Crippen molar-refractivity contribution < 1.29 is 13.9 Å². The maximum Gasteiger partial charge on any atom is 0.289 e. The van der Waals surface area contributed by atoms with Gasteiger partial charge in [-0.25, -0.2) is 15.0 Å². The number of amides is 1. The highest BCUT2D eigenvalue weighted by Crippen LogP contribution is 2.37. The van der Waals surface area contributed by atoms with Crippen molar-refractivity contribution in [1.29, 1.82) is 0 Å². The van der Waals surface area contributed by atoms with E-state index in [2.05, 4.69) is 25.9 Å². The minimum atomic E-state index is -0.222. The van der Waals surface area contributed by atoms with E-state index in [1.165, 1.54) is 0 Å². The van der Waals surface area contributed by atoms with Gasteiger partial charge in [-0.3, -0.25) is 4.79 Å². The Hall–Kier alpha value is -3.43. The highest BCUT2D eigenvalue weighted by molar-refractivity contribution is 6.28. The van der Waals surface area contributed by atoms with Crippen LogP contribution < -0.4 is 16.0 Å². The van der Waals surface area contributed by atoms with Crippen LogP contribution in [0.25, 0.3) is 21.9 Å². The number of ether oxygens (including phenoxy) is 1. The van der Waals surface area contributed by atoms with Gasteiger partial charge in [0.15, 0.2) is 0 Å². The highest BCUT2D eigenvalue weighted by Gasteiger charge is 2.26. The Morgan fingerprint density at radius 2 is 2.09 bits per heavy atom. The second kappa shape index (κ2) is 7.32. The molecule has 0 radical (unpaired) electrons. The van der Waals surface area contributed by atoms with Crippen LogP contribution in [0.3, 0.4) is 0 Å². The quantitative estimate of drug-likeness (QED) is 0.395. The summed E-state index contributed by atoms with van der Waals surface area (Å²) in [6.45, 7) is 3.60. The minimum absolute atomic E-state index is 0.00125. The molecule has 0 aliphatic carbocycles. The fourth-order valence-electron chi connectivity index (χ4n) is 4.22. The largest absolute Gasteiger partial charge is 0.449 e. The number of rotatable bonds is 2.